The standard InChI is InChI=1S/C16H19N3O3/c1-11-7-13(18-22-11)10-19(2)16(20)17-9-14-8-12-5-3-4-6-15(12)21-14/h3-7,14H,8-10H2,1-2H3,(H,17,20). The number of para-hydroxylation sites is 1. The maximum Gasteiger partial charge on any atom is 0.317 e. The zero-order valence-corrected chi connectivity index (χ0v) is 12.7. The van der Waals surface area contributed by atoms with Crippen LogP contribution in [0.2, 0.25) is 0 Å². The molecule has 0 saturated carbocycles. The highest BCUT2D eigenvalue weighted by Crippen LogP contribution is 2.27. The van der Waals surface area contributed by atoms with Gasteiger partial charge in [-0.05, 0) is 18.6 Å². The predicted molar refractivity (Wildman–Crippen MR) is 80.7 cm³/mol. The van der Waals surface area contributed by atoms with Crippen molar-refractivity contribution in [2.75, 3.05) is 13.6 Å². The number of nitrogens with one attached hydrogen (secondary N) is 1. The van der Waals surface area contributed by atoms with Crippen LogP contribution in [0, 0.1) is 6.92 Å². The van der Waals surface area contributed by atoms with Gasteiger partial charge in [-0.1, -0.05) is 23.4 Å². The maximum atomic E-state index is 12.1. The van der Waals surface area contributed by atoms with E-state index in [4.69, 9.17) is 9.26 Å². The van der Waals surface area contributed by atoms with Crippen LogP contribution >= 0.6 is 0 Å². The van der Waals surface area contributed by atoms with Crippen LogP contribution < -0.4 is 10.1 Å². The summed E-state index contributed by atoms with van der Waals surface area (Å²) in [5.41, 5.74) is 1.92. The van der Waals surface area contributed by atoms with E-state index in [1.807, 2.05) is 31.2 Å². The molecule has 0 fully saturated rings. The van der Waals surface area contributed by atoms with E-state index in [0.29, 0.717) is 13.1 Å². The van der Waals surface area contributed by atoms with Crippen LogP contribution in [0.15, 0.2) is 34.9 Å². The molecule has 2 amide bonds. The van der Waals surface area contributed by atoms with Crippen molar-refractivity contribution in [1.29, 1.82) is 0 Å². The molecule has 2 heterocycles. The van der Waals surface area contributed by atoms with Gasteiger partial charge >= 0.3 is 6.03 Å². The van der Waals surface area contributed by atoms with Crippen molar-refractivity contribution in [2.45, 2.75) is 26.0 Å². The van der Waals surface area contributed by atoms with E-state index in [1.165, 1.54) is 5.56 Å². The summed E-state index contributed by atoms with van der Waals surface area (Å²) >= 11 is 0. The number of aryl methyl sites for hydroxylation is 1. The van der Waals surface area contributed by atoms with Crippen molar-refractivity contribution in [3.8, 4) is 5.75 Å². The van der Waals surface area contributed by atoms with Crippen molar-refractivity contribution in [3.05, 3.63) is 47.3 Å². The van der Waals surface area contributed by atoms with Crippen LogP contribution in [-0.2, 0) is 13.0 Å². The van der Waals surface area contributed by atoms with E-state index < -0.39 is 0 Å². The van der Waals surface area contributed by atoms with E-state index in [9.17, 15) is 4.79 Å². The molecule has 22 heavy (non-hydrogen) atoms. The van der Waals surface area contributed by atoms with Gasteiger partial charge in [0.05, 0.1) is 13.1 Å². The van der Waals surface area contributed by atoms with Crippen LogP contribution in [0.5, 0.6) is 5.75 Å². The van der Waals surface area contributed by atoms with Gasteiger partial charge in [-0.3, -0.25) is 0 Å². The average Bonchev–Trinajstić information content (AvgIpc) is 3.10. The first-order chi connectivity index (χ1) is 10.6. The molecule has 0 spiro atoms. The number of amides is 2. The molecule has 1 N–H and O–H groups in total. The number of nitrogens with zero attached hydrogens (tertiary/aromatic N) is 2. The molecule has 6 heteroatoms. The van der Waals surface area contributed by atoms with Gasteiger partial charge in [0.2, 0.25) is 0 Å². The Kier molecular flexibility index (Phi) is 4.00. The summed E-state index contributed by atoms with van der Waals surface area (Å²) < 4.78 is 10.8. The quantitative estimate of drug-likeness (QED) is 0.939. The molecule has 1 unspecified atom stereocenters. The molecule has 3 rings (SSSR count). The second kappa shape index (κ2) is 6.09. The van der Waals surface area contributed by atoms with Gasteiger partial charge in [0.1, 0.15) is 23.3 Å². The molecule has 0 bridgehead atoms. The number of hydrogen-bond acceptors (Lipinski definition) is 4. The highest BCUT2D eigenvalue weighted by Gasteiger charge is 2.23. The summed E-state index contributed by atoms with van der Waals surface area (Å²) in [7, 11) is 1.73. The lowest BCUT2D eigenvalue weighted by molar-refractivity contribution is 0.190. The van der Waals surface area contributed by atoms with Crippen LogP contribution in [0.25, 0.3) is 0 Å². The molecule has 1 atom stereocenters. The van der Waals surface area contributed by atoms with Crippen molar-refractivity contribution in [1.82, 2.24) is 15.4 Å². The van der Waals surface area contributed by atoms with Gasteiger partial charge in [-0.15, -0.1) is 0 Å². The average molecular weight is 301 g/mol. The lowest BCUT2D eigenvalue weighted by atomic mass is 10.1. The van der Waals surface area contributed by atoms with Gasteiger partial charge in [-0.25, -0.2) is 4.79 Å². The number of hydrogen-bond donors (Lipinski definition) is 1. The van der Waals surface area contributed by atoms with E-state index in [-0.39, 0.29) is 12.1 Å². The highest BCUT2D eigenvalue weighted by atomic mass is 16.5. The predicted octanol–water partition coefficient (Wildman–Crippen LogP) is 2.13. The minimum atomic E-state index is -0.153. The second-order valence-electron chi connectivity index (χ2n) is 5.52. The third-order valence-electron chi connectivity index (χ3n) is 3.62. The fourth-order valence-corrected chi connectivity index (χ4v) is 2.51. The molecular formula is C16H19N3O3. The Morgan fingerprint density at radius 3 is 3.00 bits per heavy atom. The Bertz CT molecular complexity index is 643. The smallest absolute Gasteiger partial charge is 0.317 e. The van der Waals surface area contributed by atoms with E-state index in [2.05, 4.69) is 16.5 Å². The number of urea groups is 1. The fourth-order valence-electron chi connectivity index (χ4n) is 2.51. The number of ether oxygens (including phenoxy) is 1. The number of rotatable bonds is 4. The Morgan fingerprint density at radius 1 is 1.45 bits per heavy atom. The lowest BCUT2D eigenvalue weighted by Crippen LogP contribution is -2.41. The Morgan fingerprint density at radius 2 is 2.27 bits per heavy atom. The van der Waals surface area contributed by atoms with Gasteiger partial charge in [0.25, 0.3) is 0 Å². The Balaban J connectivity index is 1.47. The molecule has 2 aromatic rings. The minimum Gasteiger partial charge on any atom is -0.488 e. The van der Waals surface area contributed by atoms with Gasteiger partial charge < -0.3 is 19.5 Å². The van der Waals surface area contributed by atoms with Gasteiger partial charge in [0.15, 0.2) is 0 Å². The molecule has 1 aliphatic rings. The molecule has 0 radical (unpaired) electrons. The lowest BCUT2D eigenvalue weighted by Gasteiger charge is -2.18. The zero-order chi connectivity index (χ0) is 15.5. The summed E-state index contributed by atoms with van der Waals surface area (Å²) in [6.45, 7) is 2.72. The van der Waals surface area contributed by atoms with Gasteiger partial charge in [-0.2, -0.15) is 0 Å². The summed E-state index contributed by atoms with van der Waals surface area (Å²) in [5, 5.41) is 6.77. The van der Waals surface area contributed by atoms with Crippen LogP contribution in [-0.4, -0.2) is 35.8 Å². The Hall–Kier alpha value is -2.50. The number of fused-ring (bicyclic) bond motifs is 1. The molecule has 0 aliphatic carbocycles. The van der Waals surface area contributed by atoms with E-state index in [1.54, 1.807) is 11.9 Å². The minimum absolute atomic E-state index is 0.0101. The topological polar surface area (TPSA) is 67.6 Å². The summed E-state index contributed by atoms with van der Waals surface area (Å²) in [5.74, 6) is 1.65. The third kappa shape index (κ3) is 3.21. The maximum absolute atomic E-state index is 12.1. The first kappa shape index (κ1) is 14.4. The molecule has 1 aromatic heterocycles. The van der Waals surface area contributed by atoms with Crippen LogP contribution in [0.3, 0.4) is 0 Å². The van der Waals surface area contributed by atoms with Crippen molar-refractivity contribution in [3.63, 3.8) is 0 Å². The first-order valence-corrected chi connectivity index (χ1v) is 7.27. The molecule has 0 saturated heterocycles. The Labute approximate surface area is 129 Å². The largest absolute Gasteiger partial charge is 0.488 e. The number of benzene rings is 1. The normalized spacial score (nSPS) is 16.0. The van der Waals surface area contributed by atoms with Crippen LogP contribution in [0.4, 0.5) is 4.79 Å². The number of aromatic nitrogens is 1. The first-order valence-electron chi connectivity index (χ1n) is 7.27. The summed E-state index contributed by atoms with van der Waals surface area (Å²) in [6.07, 6.45) is 0.812. The van der Waals surface area contributed by atoms with E-state index >= 15 is 0 Å². The fraction of sp³-hybridized carbons (Fsp3) is 0.375. The van der Waals surface area contributed by atoms with Crippen molar-refractivity contribution < 1.29 is 14.1 Å². The number of carbonyl (C=O) groups excluding carboxylic acids is 1. The van der Waals surface area contributed by atoms with Crippen molar-refractivity contribution >= 4 is 6.03 Å². The van der Waals surface area contributed by atoms with Gasteiger partial charge in [0, 0.05) is 19.5 Å². The summed E-state index contributed by atoms with van der Waals surface area (Å²) in [4.78, 5) is 13.7. The van der Waals surface area contributed by atoms with Crippen molar-refractivity contribution in [2.24, 2.45) is 0 Å². The van der Waals surface area contributed by atoms with E-state index in [0.717, 1.165) is 23.6 Å². The zero-order valence-electron chi connectivity index (χ0n) is 12.7. The molecule has 1 aromatic carbocycles. The second-order valence-corrected chi connectivity index (χ2v) is 5.52. The monoisotopic (exact) mass is 301 g/mol. The number of carbonyl (C=O) groups is 1. The van der Waals surface area contributed by atoms with Crippen LogP contribution in [0.1, 0.15) is 17.0 Å². The molecule has 1 aliphatic heterocycles. The third-order valence-corrected chi connectivity index (χ3v) is 3.62. The molecule has 6 nitrogen and oxygen atoms in total. The summed E-state index contributed by atoms with van der Waals surface area (Å²) in [6, 6.07) is 9.62. The molecular weight excluding hydrogens is 282 g/mol. The highest BCUT2D eigenvalue weighted by molar-refractivity contribution is 5.73. The SMILES string of the molecule is Cc1cc(CN(C)C(=O)NCC2Cc3ccccc3O2)no1. The molecule has 116 valence electrons.